The van der Waals surface area contributed by atoms with Gasteiger partial charge in [0.25, 0.3) is 5.56 Å². The largest absolute Gasteiger partial charge is 0.497 e. The maximum absolute atomic E-state index is 12.0. The molecule has 27 heavy (non-hydrogen) atoms. The van der Waals surface area contributed by atoms with Gasteiger partial charge in [-0.25, -0.2) is 4.68 Å². The van der Waals surface area contributed by atoms with Crippen LogP contribution in [0.25, 0.3) is 10.6 Å². The number of hydrogen-bond acceptors (Lipinski definition) is 5. The van der Waals surface area contributed by atoms with Gasteiger partial charge in [-0.2, -0.15) is 5.10 Å². The van der Waals surface area contributed by atoms with Crippen LogP contribution in [-0.4, -0.2) is 22.8 Å². The van der Waals surface area contributed by atoms with E-state index < -0.39 is 0 Å². The highest BCUT2D eigenvalue weighted by Gasteiger charge is 2.06. The predicted molar refractivity (Wildman–Crippen MR) is 106 cm³/mol. The fourth-order valence-corrected chi connectivity index (χ4v) is 3.28. The van der Waals surface area contributed by atoms with Crippen molar-refractivity contribution in [3.8, 4) is 16.3 Å². The second-order valence-electron chi connectivity index (χ2n) is 5.99. The molecule has 1 aromatic carbocycles. The first kappa shape index (κ1) is 18.8. The number of nitrogens with one attached hydrogen (secondary N) is 1. The van der Waals surface area contributed by atoms with Gasteiger partial charge in [-0.15, -0.1) is 11.3 Å². The van der Waals surface area contributed by atoms with Gasteiger partial charge >= 0.3 is 0 Å². The Balaban J connectivity index is 1.48. The van der Waals surface area contributed by atoms with Crippen molar-refractivity contribution < 1.29 is 9.53 Å². The molecule has 6 nitrogen and oxygen atoms in total. The topological polar surface area (TPSA) is 73.2 Å². The summed E-state index contributed by atoms with van der Waals surface area (Å²) in [6.45, 7) is 0.878. The predicted octanol–water partition coefficient (Wildman–Crippen LogP) is 3.08. The lowest BCUT2D eigenvalue weighted by Crippen LogP contribution is -2.25. The maximum atomic E-state index is 12.0. The average Bonchev–Trinajstić information content (AvgIpc) is 3.23. The molecule has 1 N–H and O–H groups in total. The van der Waals surface area contributed by atoms with E-state index in [1.165, 1.54) is 10.7 Å². The quantitative estimate of drug-likeness (QED) is 0.649. The van der Waals surface area contributed by atoms with Crippen LogP contribution >= 0.6 is 11.3 Å². The number of carbonyl (C=O) groups excluding carboxylic acids is 1. The van der Waals surface area contributed by atoms with Gasteiger partial charge < -0.3 is 10.1 Å². The third-order valence-electron chi connectivity index (χ3n) is 4.06. The molecule has 0 saturated heterocycles. The second-order valence-corrected chi connectivity index (χ2v) is 6.93. The zero-order valence-electron chi connectivity index (χ0n) is 15.1. The van der Waals surface area contributed by atoms with Crippen molar-refractivity contribution in [2.24, 2.45) is 0 Å². The van der Waals surface area contributed by atoms with E-state index in [1.54, 1.807) is 24.5 Å². The van der Waals surface area contributed by atoms with Crippen LogP contribution in [0.5, 0.6) is 5.75 Å². The molecule has 0 unspecified atom stereocenters. The number of nitrogens with zero attached hydrogens (tertiary/aromatic N) is 2. The van der Waals surface area contributed by atoms with E-state index in [-0.39, 0.29) is 11.5 Å². The summed E-state index contributed by atoms with van der Waals surface area (Å²) in [6.07, 6.45) is 0.892. The summed E-state index contributed by atoms with van der Waals surface area (Å²) in [5, 5.41) is 9.25. The van der Waals surface area contributed by atoms with E-state index in [0.717, 1.165) is 21.9 Å². The van der Waals surface area contributed by atoms with Gasteiger partial charge in [0.2, 0.25) is 5.91 Å². The zero-order valence-corrected chi connectivity index (χ0v) is 15.9. The van der Waals surface area contributed by atoms with Gasteiger partial charge in [-0.3, -0.25) is 9.59 Å². The number of aromatic nitrogens is 2. The summed E-state index contributed by atoms with van der Waals surface area (Å²) < 4.78 is 6.53. The van der Waals surface area contributed by atoms with Crippen LogP contribution in [0.4, 0.5) is 0 Å². The minimum absolute atomic E-state index is 0.0479. The lowest BCUT2D eigenvalue weighted by molar-refractivity contribution is -0.121. The molecular weight excluding hydrogens is 362 g/mol. The molecule has 0 fully saturated rings. The van der Waals surface area contributed by atoms with Crippen LogP contribution in [0.15, 0.2) is 58.7 Å². The number of hydrogen-bond donors (Lipinski definition) is 1. The molecule has 0 radical (unpaired) electrons. The minimum atomic E-state index is -0.158. The molecule has 1 amide bonds. The molecule has 2 aromatic heterocycles. The highest BCUT2D eigenvalue weighted by molar-refractivity contribution is 7.13. The van der Waals surface area contributed by atoms with Crippen LogP contribution in [0.2, 0.25) is 0 Å². The molecule has 140 valence electrons. The van der Waals surface area contributed by atoms with E-state index in [1.807, 2.05) is 41.8 Å². The second kappa shape index (κ2) is 9.14. The molecule has 0 atom stereocenters. The third-order valence-corrected chi connectivity index (χ3v) is 4.96. The summed E-state index contributed by atoms with van der Waals surface area (Å²) in [7, 11) is 1.62. The number of aryl methyl sites for hydroxylation is 1. The Bertz CT molecular complexity index is 934. The molecule has 7 heteroatoms. The SMILES string of the molecule is COc1ccc(CNC(=O)CCCn2nc(-c3cccs3)ccc2=O)cc1. The Morgan fingerprint density at radius 1 is 1.19 bits per heavy atom. The fourth-order valence-electron chi connectivity index (χ4n) is 2.59. The number of benzene rings is 1. The molecule has 3 rings (SSSR count). The minimum Gasteiger partial charge on any atom is -0.497 e. The Labute approximate surface area is 161 Å². The maximum Gasteiger partial charge on any atom is 0.266 e. The molecule has 0 saturated carbocycles. The zero-order chi connectivity index (χ0) is 19.1. The van der Waals surface area contributed by atoms with Gasteiger partial charge in [0.15, 0.2) is 0 Å². The summed E-state index contributed by atoms with van der Waals surface area (Å²) in [5.74, 6) is 0.737. The molecule has 0 spiro atoms. The Morgan fingerprint density at radius 3 is 2.70 bits per heavy atom. The summed E-state index contributed by atoms with van der Waals surface area (Å²) in [4.78, 5) is 25.0. The van der Waals surface area contributed by atoms with E-state index in [2.05, 4.69) is 10.4 Å². The van der Waals surface area contributed by atoms with E-state index in [4.69, 9.17) is 4.74 Å². The van der Waals surface area contributed by atoms with Gasteiger partial charge in [0.1, 0.15) is 11.4 Å². The normalized spacial score (nSPS) is 10.6. The van der Waals surface area contributed by atoms with Crippen molar-refractivity contribution in [2.75, 3.05) is 7.11 Å². The van der Waals surface area contributed by atoms with Crippen molar-refractivity contribution in [1.29, 1.82) is 0 Å². The van der Waals surface area contributed by atoms with Crippen molar-refractivity contribution in [2.45, 2.75) is 25.9 Å². The van der Waals surface area contributed by atoms with Crippen LogP contribution in [0, 0.1) is 0 Å². The molecular formula is C20H21N3O3S. The van der Waals surface area contributed by atoms with E-state index in [9.17, 15) is 9.59 Å². The lowest BCUT2D eigenvalue weighted by Gasteiger charge is -2.08. The monoisotopic (exact) mass is 383 g/mol. The van der Waals surface area contributed by atoms with Crippen LogP contribution in [0.3, 0.4) is 0 Å². The first-order valence-corrected chi connectivity index (χ1v) is 9.55. The van der Waals surface area contributed by atoms with Crippen LogP contribution < -0.4 is 15.6 Å². The highest BCUT2D eigenvalue weighted by atomic mass is 32.1. The van der Waals surface area contributed by atoms with Crippen molar-refractivity contribution in [1.82, 2.24) is 15.1 Å². The first-order valence-electron chi connectivity index (χ1n) is 8.67. The molecule has 0 aliphatic carbocycles. The number of carbonyl (C=O) groups is 1. The van der Waals surface area contributed by atoms with Crippen molar-refractivity contribution in [3.63, 3.8) is 0 Å². The van der Waals surface area contributed by atoms with Gasteiger partial charge in [0, 0.05) is 25.6 Å². The Morgan fingerprint density at radius 2 is 2.00 bits per heavy atom. The highest BCUT2D eigenvalue weighted by Crippen LogP contribution is 2.21. The Hall–Kier alpha value is -2.93. The molecule has 0 aliphatic rings. The fraction of sp³-hybridized carbons (Fsp3) is 0.250. The van der Waals surface area contributed by atoms with Gasteiger partial charge in [-0.1, -0.05) is 18.2 Å². The number of rotatable bonds is 8. The number of ether oxygens (including phenoxy) is 1. The van der Waals surface area contributed by atoms with Crippen molar-refractivity contribution in [3.05, 3.63) is 69.8 Å². The van der Waals surface area contributed by atoms with Gasteiger partial charge in [0.05, 0.1) is 12.0 Å². The number of methoxy groups -OCH3 is 1. The van der Waals surface area contributed by atoms with Crippen LogP contribution in [-0.2, 0) is 17.9 Å². The first-order chi connectivity index (χ1) is 13.2. The van der Waals surface area contributed by atoms with Gasteiger partial charge in [-0.05, 0) is 41.6 Å². The smallest absolute Gasteiger partial charge is 0.266 e. The van der Waals surface area contributed by atoms with Crippen LogP contribution in [0.1, 0.15) is 18.4 Å². The average molecular weight is 383 g/mol. The summed E-state index contributed by atoms with van der Waals surface area (Å²) in [5.41, 5.74) is 1.62. The number of amides is 1. The summed E-state index contributed by atoms with van der Waals surface area (Å²) >= 11 is 1.58. The van der Waals surface area contributed by atoms with E-state index >= 15 is 0 Å². The lowest BCUT2D eigenvalue weighted by atomic mass is 10.2. The molecule has 0 aliphatic heterocycles. The van der Waals surface area contributed by atoms with E-state index in [0.29, 0.717) is 25.9 Å². The summed E-state index contributed by atoms with van der Waals surface area (Å²) in [6, 6.07) is 14.7. The number of thiophene rings is 1. The van der Waals surface area contributed by atoms with Crippen molar-refractivity contribution >= 4 is 17.2 Å². The molecule has 3 aromatic rings. The molecule has 2 heterocycles. The molecule has 0 bridgehead atoms. The third kappa shape index (κ3) is 5.27. The standard InChI is InChI=1S/C20H21N3O3S/c1-26-16-8-6-15(7-9-16)14-21-19(24)5-2-12-23-20(25)11-10-17(22-23)18-4-3-13-27-18/h3-4,6-11,13H,2,5,12,14H2,1H3,(H,21,24). The Kier molecular flexibility index (Phi) is 6.38.